The smallest absolute Gasteiger partial charge is 0.223 e. The zero-order valence-corrected chi connectivity index (χ0v) is 16.8. The van der Waals surface area contributed by atoms with Crippen LogP contribution in [-0.4, -0.2) is 17.3 Å². The number of ether oxygens (including phenoxy) is 2. The summed E-state index contributed by atoms with van der Waals surface area (Å²) >= 11 is 3.46. The highest BCUT2D eigenvalue weighted by atomic mass is 32.1. The molecule has 5 rings (SSSR count). The fourth-order valence-electron chi connectivity index (χ4n) is 3.75. The van der Waals surface area contributed by atoms with Crippen molar-refractivity contribution in [3.8, 4) is 11.5 Å². The van der Waals surface area contributed by atoms with Crippen molar-refractivity contribution in [2.75, 3.05) is 6.61 Å². The zero-order chi connectivity index (χ0) is 18.4. The lowest BCUT2D eigenvalue weighted by atomic mass is 9.98. The number of rotatable bonds is 4. The Balaban J connectivity index is 1.63. The fourth-order valence-corrected chi connectivity index (χ4v) is 5.42. The molecule has 2 aliphatic rings. The number of thiophene rings is 2. The SMILES string of the molecule is CCOc1cccc2c1OC(c1sccc1C)N1N=C(c3cccs3)CC21. The molecule has 4 heterocycles. The van der Waals surface area contributed by atoms with Crippen LogP contribution < -0.4 is 9.47 Å². The van der Waals surface area contributed by atoms with Crippen molar-refractivity contribution in [2.45, 2.75) is 32.5 Å². The van der Waals surface area contributed by atoms with Crippen molar-refractivity contribution in [3.63, 3.8) is 0 Å². The van der Waals surface area contributed by atoms with Gasteiger partial charge in [-0.2, -0.15) is 5.10 Å². The van der Waals surface area contributed by atoms with Gasteiger partial charge in [-0.1, -0.05) is 18.2 Å². The molecule has 0 aliphatic carbocycles. The fraction of sp³-hybridized carbons (Fsp3) is 0.286. The number of fused-ring (bicyclic) bond motifs is 3. The van der Waals surface area contributed by atoms with Gasteiger partial charge in [0.2, 0.25) is 6.23 Å². The summed E-state index contributed by atoms with van der Waals surface area (Å²) in [6, 6.07) is 12.7. The average molecular weight is 397 g/mol. The second kappa shape index (κ2) is 6.69. The van der Waals surface area contributed by atoms with Crippen LogP contribution in [0.25, 0.3) is 0 Å². The molecular formula is C21H20N2O2S2. The molecule has 0 radical (unpaired) electrons. The quantitative estimate of drug-likeness (QED) is 0.562. The first-order chi connectivity index (χ1) is 13.3. The van der Waals surface area contributed by atoms with Gasteiger partial charge in [-0.05, 0) is 48.4 Å². The maximum absolute atomic E-state index is 6.53. The van der Waals surface area contributed by atoms with E-state index < -0.39 is 0 Å². The van der Waals surface area contributed by atoms with Crippen LogP contribution in [0.4, 0.5) is 0 Å². The molecule has 0 bridgehead atoms. The van der Waals surface area contributed by atoms with Crippen LogP contribution in [0.3, 0.4) is 0 Å². The van der Waals surface area contributed by atoms with E-state index in [-0.39, 0.29) is 12.3 Å². The number of hydrogen-bond acceptors (Lipinski definition) is 6. The number of hydrogen-bond donors (Lipinski definition) is 0. The van der Waals surface area contributed by atoms with Gasteiger partial charge in [0.05, 0.1) is 28.1 Å². The highest BCUT2D eigenvalue weighted by Crippen LogP contribution is 2.51. The van der Waals surface area contributed by atoms with Crippen LogP contribution in [0.5, 0.6) is 11.5 Å². The molecule has 3 aromatic rings. The van der Waals surface area contributed by atoms with Crippen LogP contribution in [-0.2, 0) is 0 Å². The minimum atomic E-state index is -0.221. The Morgan fingerprint density at radius 1 is 1.19 bits per heavy atom. The number of hydrazone groups is 1. The molecule has 6 heteroatoms. The van der Waals surface area contributed by atoms with Gasteiger partial charge in [-0.3, -0.25) is 0 Å². The third-order valence-corrected chi connectivity index (χ3v) is 6.98. The van der Waals surface area contributed by atoms with Crippen LogP contribution in [0.15, 0.2) is 52.3 Å². The second-order valence-corrected chi connectivity index (χ2v) is 8.56. The minimum Gasteiger partial charge on any atom is -0.490 e. The predicted octanol–water partition coefficient (Wildman–Crippen LogP) is 5.76. The van der Waals surface area contributed by atoms with Crippen LogP contribution in [0, 0.1) is 6.92 Å². The highest BCUT2D eigenvalue weighted by Gasteiger charge is 2.43. The van der Waals surface area contributed by atoms with E-state index in [2.05, 4.69) is 47.0 Å². The van der Waals surface area contributed by atoms with Crippen molar-refractivity contribution in [3.05, 3.63) is 68.0 Å². The lowest BCUT2D eigenvalue weighted by molar-refractivity contribution is -0.0191. The maximum Gasteiger partial charge on any atom is 0.223 e. The van der Waals surface area contributed by atoms with Crippen molar-refractivity contribution < 1.29 is 9.47 Å². The van der Waals surface area contributed by atoms with E-state index in [1.54, 1.807) is 22.7 Å². The Kier molecular flexibility index (Phi) is 4.17. The second-order valence-electron chi connectivity index (χ2n) is 6.67. The lowest BCUT2D eigenvalue weighted by Crippen LogP contribution is -2.33. The monoisotopic (exact) mass is 396 g/mol. The van der Waals surface area contributed by atoms with E-state index in [1.807, 2.05) is 19.1 Å². The minimum absolute atomic E-state index is 0.165. The largest absolute Gasteiger partial charge is 0.490 e. The Hall–Kier alpha value is -2.31. The van der Waals surface area contributed by atoms with Gasteiger partial charge in [-0.15, -0.1) is 22.7 Å². The molecule has 0 N–H and O–H groups in total. The molecule has 2 atom stereocenters. The van der Waals surface area contributed by atoms with Gasteiger partial charge in [0.15, 0.2) is 11.5 Å². The molecular weight excluding hydrogens is 376 g/mol. The molecule has 2 unspecified atom stereocenters. The Labute approximate surface area is 166 Å². The van der Waals surface area contributed by atoms with E-state index in [9.17, 15) is 0 Å². The summed E-state index contributed by atoms with van der Waals surface area (Å²) in [7, 11) is 0. The third-order valence-electron chi connectivity index (χ3n) is 5.01. The lowest BCUT2D eigenvalue weighted by Gasteiger charge is -2.38. The summed E-state index contributed by atoms with van der Waals surface area (Å²) < 4.78 is 12.4. The Bertz CT molecular complexity index is 994. The van der Waals surface area contributed by atoms with Crippen LogP contribution in [0.1, 0.15) is 46.5 Å². The van der Waals surface area contributed by atoms with Gasteiger partial charge in [0.1, 0.15) is 0 Å². The van der Waals surface area contributed by atoms with Gasteiger partial charge >= 0.3 is 0 Å². The van der Waals surface area contributed by atoms with E-state index in [1.165, 1.54) is 15.3 Å². The molecule has 1 aromatic carbocycles. The van der Waals surface area contributed by atoms with Crippen molar-refractivity contribution in [1.82, 2.24) is 5.01 Å². The first-order valence-electron chi connectivity index (χ1n) is 9.12. The maximum atomic E-state index is 6.53. The number of benzene rings is 1. The normalized spacial score (nSPS) is 20.7. The summed E-state index contributed by atoms with van der Waals surface area (Å²) in [6.07, 6.45) is 0.662. The summed E-state index contributed by atoms with van der Waals surface area (Å²) in [5, 5.41) is 11.4. The molecule has 27 heavy (non-hydrogen) atoms. The van der Waals surface area contributed by atoms with E-state index >= 15 is 0 Å². The van der Waals surface area contributed by atoms with Crippen LogP contribution in [0.2, 0.25) is 0 Å². The summed E-state index contributed by atoms with van der Waals surface area (Å²) in [6.45, 7) is 4.75. The zero-order valence-electron chi connectivity index (χ0n) is 15.2. The van der Waals surface area contributed by atoms with Gasteiger partial charge in [0, 0.05) is 12.0 Å². The van der Waals surface area contributed by atoms with Crippen molar-refractivity contribution >= 4 is 28.4 Å². The van der Waals surface area contributed by atoms with E-state index in [4.69, 9.17) is 14.6 Å². The predicted molar refractivity (Wildman–Crippen MR) is 110 cm³/mol. The Morgan fingerprint density at radius 2 is 2.11 bits per heavy atom. The van der Waals surface area contributed by atoms with E-state index in [0.717, 1.165) is 29.2 Å². The van der Waals surface area contributed by atoms with Gasteiger partial charge in [0.25, 0.3) is 0 Å². The third kappa shape index (κ3) is 2.75. The Morgan fingerprint density at radius 3 is 2.85 bits per heavy atom. The number of nitrogens with zero attached hydrogens (tertiary/aromatic N) is 2. The van der Waals surface area contributed by atoms with Gasteiger partial charge < -0.3 is 9.47 Å². The van der Waals surface area contributed by atoms with Crippen molar-refractivity contribution in [1.29, 1.82) is 0 Å². The average Bonchev–Trinajstić information content (AvgIpc) is 3.42. The summed E-state index contributed by atoms with van der Waals surface area (Å²) in [5.41, 5.74) is 3.52. The van der Waals surface area contributed by atoms with Crippen molar-refractivity contribution in [2.24, 2.45) is 5.10 Å². The molecule has 0 saturated carbocycles. The van der Waals surface area contributed by atoms with Gasteiger partial charge in [-0.25, -0.2) is 5.01 Å². The standard InChI is InChI=1S/C21H20N2O2S2/c1-3-24-17-7-4-6-14-16-12-15(18-8-5-10-26-18)22-23(16)21(25-19(14)17)20-13(2)9-11-27-20/h4-11,16,21H,3,12H2,1-2H3. The van der Waals surface area contributed by atoms with E-state index in [0.29, 0.717) is 6.61 Å². The summed E-state index contributed by atoms with van der Waals surface area (Å²) in [5.74, 6) is 1.68. The number of para-hydroxylation sites is 1. The first-order valence-corrected chi connectivity index (χ1v) is 10.9. The molecule has 0 amide bonds. The molecule has 4 nitrogen and oxygen atoms in total. The molecule has 0 fully saturated rings. The highest BCUT2D eigenvalue weighted by molar-refractivity contribution is 7.12. The molecule has 2 aromatic heterocycles. The summed E-state index contributed by atoms with van der Waals surface area (Å²) in [4.78, 5) is 2.43. The first kappa shape index (κ1) is 16.8. The van der Waals surface area contributed by atoms with Crippen LogP contribution >= 0.6 is 22.7 Å². The molecule has 0 spiro atoms. The molecule has 138 valence electrons. The molecule has 2 aliphatic heterocycles. The number of aryl methyl sites for hydroxylation is 1. The topological polar surface area (TPSA) is 34.1 Å². The molecule has 0 saturated heterocycles.